The third kappa shape index (κ3) is 6.18. The molecule has 2 N–H and O–H groups in total. The molecule has 2 heterocycles. The van der Waals surface area contributed by atoms with Crippen molar-refractivity contribution in [3.05, 3.63) is 29.3 Å². The third-order valence-corrected chi connectivity index (χ3v) is 5.08. The van der Waals surface area contributed by atoms with Gasteiger partial charge in [-0.05, 0) is 50.6 Å². The summed E-state index contributed by atoms with van der Waals surface area (Å²) >= 11 is 6.10. The smallest absolute Gasteiger partial charge is 0.191 e. The van der Waals surface area contributed by atoms with Crippen molar-refractivity contribution in [2.75, 3.05) is 51.2 Å². The van der Waals surface area contributed by atoms with Crippen LogP contribution in [0.15, 0.2) is 29.3 Å². The van der Waals surface area contributed by atoms with Gasteiger partial charge in [-0.2, -0.15) is 0 Å². The molecule has 2 aliphatic rings. The molecular weight excluding hydrogens is 449 g/mol. The largest absolute Gasteiger partial charge is 0.369 e. The Labute approximate surface area is 173 Å². The number of hydrogen-bond acceptors (Lipinski definition) is 3. The van der Waals surface area contributed by atoms with Crippen LogP contribution in [0, 0.1) is 0 Å². The van der Waals surface area contributed by atoms with Crippen molar-refractivity contribution < 1.29 is 0 Å². The first kappa shape index (κ1) is 20.6. The van der Waals surface area contributed by atoms with Gasteiger partial charge in [-0.1, -0.05) is 17.7 Å². The molecule has 1 aromatic rings. The summed E-state index contributed by atoms with van der Waals surface area (Å²) in [6, 6.07) is 8.51. The molecule has 0 aliphatic carbocycles. The molecule has 0 bridgehead atoms. The Morgan fingerprint density at radius 1 is 1.28 bits per heavy atom. The summed E-state index contributed by atoms with van der Waals surface area (Å²) in [5, 5.41) is 7.79. The van der Waals surface area contributed by atoms with Gasteiger partial charge in [0.25, 0.3) is 0 Å². The second kappa shape index (κ2) is 10.4. The molecule has 1 aromatic carbocycles. The molecule has 140 valence electrons. The lowest BCUT2D eigenvalue weighted by molar-refractivity contribution is 0.343. The molecule has 1 unspecified atom stereocenters. The van der Waals surface area contributed by atoms with E-state index in [0.717, 1.165) is 43.6 Å². The molecular formula is C18H29ClIN5. The highest BCUT2D eigenvalue weighted by Crippen LogP contribution is 2.23. The highest BCUT2D eigenvalue weighted by Gasteiger charge is 2.23. The molecule has 3 rings (SSSR count). The van der Waals surface area contributed by atoms with Crippen molar-refractivity contribution in [2.45, 2.75) is 25.3 Å². The average molecular weight is 478 g/mol. The van der Waals surface area contributed by atoms with Crippen LogP contribution in [-0.2, 0) is 0 Å². The minimum Gasteiger partial charge on any atom is -0.369 e. The van der Waals surface area contributed by atoms with Crippen LogP contribution in [0.4, 0.5) is 5.69 Å². The first-order chi connectivity index (χ1) is 11.7. The monoisotopic (exact) mass is 477 g/mol. The maximum Gasteiger partial charge on any atom is 0.191 e. The predicted octanol–water partition coefficient (Wildman–Crippen LogP) is 2.80. The molecule has 2 saturated heterocycles. The van der Waals surface area contributed by atoms with E-state index >= 15 is 0 Å². The van der Waals surface area contributed by atoms with Crippen LogP contribution in [0.25, 0.3) is 0 Å². The molecule has 5 nitrogen and oxygen atoms in total. The van der Waals surface area contributed by atoms with E-state index in [1.807, 2.05) is 25.2 Å². The van der Waals surface area contributed by atoms with Crippen LogP contribution >= 0.6 is 35.6 Å². The number of anilines is 1. The summed E-state index contributed by atoms with van der Waals surface area (Å²) in [7, 11) is 1.84. The van der Waals surface area contributed by atoms with E-state index in [0.29, 0.717) is 6.04 Å². The van der Waals surface area contributed by atoms with E-state index in [2.05, 4.69) is 31.5 Å². The Balaban J connectivity index is 0.00000225. The van der Waals surface area contributed by atoms with E-state index < -0.39 is 0 Å². The second-order valence-electron chi connectivity index (χ2n) is 6.60. The quantitative estimate of drug-likeness (QED) is 0.389. The van der Waals surface area contributed by atoms with Crippen LogP contribution < -0.4 is 15.5 Å². The molecule has 25 heavy (non-hydrogen) atoms. The Morgan fingerprint density at radius 2 is 2.08 bits per heavy atom. The number of likely N-dealkylation sites (tertiary alicyclic amines) is 1. The minimum atomic E-state index is 0. The summed E-state index contributed by atoms with van der Waals surface area (Å²) < 4.78 is 0. The number of aliphatic imine (C=N–C) groups is 1. The number of hydrogen-bond donors (Lipinski definition) is 2. The van der Waals surface area contributed by atoms with Gasteiger partial charge in [0.15, 0.2) is 5.96 Å². The molecule has 1 atom stereocenters. The third-order valence-electron chi connectivity index (χ3n) is 4.85. The van der Waals surface area contributed by atoms with Crippen molar-refractivity contribution >= 4 is 47.2 Å². The van der Waals surface area contributed by atoms with E-state index in [1.165, 1.54) is 31.6 Å². The van der Waals surface area contributed by atoms with E-state index in [1.54, 1.807) is 0 Å². The zero-order valence-electron chi connectivity index (χ0n) is 14.9. The fraction of sp³-hybridized carbons (Fsp3) is 0.611. The molecule has 7 heteroatoms. The fourth-order valence-electron chi connectivity index (χ4n) is 3.51. The van der Waals surface area contributed by atoms with Crippen molar-refractivity contribution in [1.82, 2.24) is 15.5 Å². The van der Waals surface area contributed by atoms with Crippen molar-refractivity contribution in [1.29, 1.82) is 0 Å². The molecule has 0 spiro atoms. The van der Waals surface area contributed by atoms with Crippen molar-refractivity contribution in [3.63, 3.8) is 0 Å². The van der Waals surface area contributed by atoms with Crippen LogP contribution in [0.1, 0.15) is 19.3 Å². The van der Waals surface area contributed by atoms with Gasteiger partial charge in [-0.15, -0.1) is 24.0 Å². The molecule has 0 radical (unpaired) electrons. The van der Waals surface area contributed by atoms with Crippen molar-refractivity contribution in [2.24, 2.45) is 4.99 Å². The number of benzene rings is 1. The Bertz CT molecular complexity index is 562. The van der Waals surface area contributed by atoms with Crippen LogP contribution in [0.2, 0.25) is 5.02 Å². The van der Waals surface area contributed by atoms with Gasteiger partial charge >= 0.3 is 0 Å². The highest BCUT2D eigenvalue weighted by atomic mass is 127. The predicted molar refractivity (Wildman–Crippen MR) is 118 cm³/mol. The Morgan fingerprint density at radius 3 is 2.80 bits per heavy atom. The van der Waals surface area contributed by atoms with Crippen LogP contribution in [0.5, 0.6) is 0 Å². The maximum atomic E-state index is 6.10. The van der Waals surface area contributed by atoms with Gasteiger partial charge in [-0.25, -0.2) is 0 Å². The molecule has 0 saturated carbocycles. The first-order valence-electron chi connectivity index (χ1n) is 8.94. The van der Waals surface area contributed by atoms with Gasteiger partial charge in [0.1, 0.15) is 0 Å². The molecule has 0 amide bonds. The van der Waals surface area contributed by atoms with Gasteiger partial charge in [0.05, 0.1) is 0 Å². The number of rotatable bonds is 5. The van der Waals surface area contributed by atoms with Gasteiger partial charge in [0.2, 0.25) is 0 Å². The minimum absolute atomic E-state index is 0. The standard InChI is InChI=1S/C18H28ClN5.HI/c1-20-18(21-8-12-23-9-2-3-10-23)22-16-7-11-24(14-16)17-6-4-5-15(19)13-17;/h4-6,13,16H,2-3,7-12,14H2,1H3,(H2,20,21,22);1H. The lowest BCUT2D eigenvalue weighted by Crippen LogP contribution is -2.46. The summed E-state index contributed by atoms with van der Waals surface area (Å²) in [6.45, 7) is 6.55. The summed E-state index contributed by atoms with van der Waals surface area (Å²) in [5.74, 6) is 0.909. The zero-order valence-corrected chi connectivity index (χ0v) is 18.0. The Kier molecular flexibility index (Phi) is 8.58. The fourth-order valence-corrected chi connectivity index (χ4v) is 3.70. The lowest BCUT2D eigenvalue weighted by Gasteiger charge is -2.21. The van der Waals surface area contributed by atoms with Gasteiger partial charge < -0.3 is 20.4 Å². The Hall–Kier alpha value is -0.730. The maximum absolute atomic E-state index is 6.10. The number of halogens is 2. The number of guanidine groups is 1. The summed E-state index contributed by atoms with van der Waals surface area (Å²) in [4.78, 5) is 9.25. The van der Waals surface area contributed by atoms with E-state index in [-0.39, 0.29) is 24.0 Å². The number of nitrogens with zero attached hydrogens (tertiary/aromatic N) is 3. The van der Waals surface area contributed by atoms with E-state index in [9.17, 15) is 0 Å². The van der Waals surface area contributed by atoms with E-state index in [4.69, 9.17) is 11.6 Å². The molecule has 0 aromatic heterocycles. The lowest BCUT2D eigenvalue weighted by atomic mass is 10.3. The van der Waals surface area contributed by atoms with Crippen LogP contribution in [0.3, 0.4) is 0 Å². The summed E-state index contributed by atoms with van der Waals surface area (Å²) in [6.07, 6.45) is 3.79. The summed E-state index contributed by atoms with van der Waals surface area (Å²) in [5.41, 5.74) is 1.20. The topological polar surface area (TPSA) is 42.9 Å². The average Bonchev–Trinajstić information content (AvgIpc) is 3.25. The first-order valence-corrected chi connectivity index (χ1v) is 9.32. The number of nitrogens with one attached hydrogen (secondary N) is 2. The van der Waals surface area contributed by atoms with Crippen molar-refractivity contribution in [3.8, 4) is 0 Å². The van der Waals surface area contributed by atoms with Gasteiger partial charge in [-0.3, -0.25) is 4.99 Å². The SMILES string of the molecule is CN=C(NCCN1CCCC1)NC1CCN(c2cccc(Cl)c2)C1.I. The normalized spacial score (nSPS) is 21.3. The zero-order chi connectivity index (χ0) is 16.8. The molecule has 2 fully saturated rings. The second-order valence-corrected chi connectivity index (χ2v) is 7.04. The highest BCUT2D eigenvalue weighted by molar-refractivity contribution is 14.0. The molecule has 2 aliphatic heterocycles. The van der Waals surface area contributed by atoms with Crippen LogP contribution in [-0.4, -0.2) is 63.2 Å². The van der Waals surface area contributed by atoms with Gasteiger partial charge in [0, 0.05) is 50.0 Å².